The van der Waals surface area contributed by atoms with Gasteiger partial charge in [-0.15, -0.1) is 16.4 Å². The van der Waals surface area contributed by atoms with E-state index >= 15 is 0 Å². The summed E-state index contributed by atoms with van der Waals surface area (Å²) < 4.78 is 2.01. The van der Waals surface area contributed by atoms with E-state index in [-0.39, 0.29) is 0 Å². The number of hydrogen-bond acceptors (Lipinski definition) is 6. The minimum atomic E-state index is 0.794. The lowest BCUT2D eigenvalue weighted by Crippen LogP contribution is -2.24. The summed E-state index contributed by atoms with van der Waals surface area (Å²) in [5, 5.41) is 20.1. The van der Waals surface area contributed by atoms with Crippen molar-refractivity contribution in [2.24, 2.45) is 27.5 Å². The Morgan fingerprint density at radius 2 is 1.67 bits per heavy atom. The Morgan fingerprint density at radius 1 is 1.03 bits per heavy atom. The van der Waals surface area contributed by atoms with E-state index in [0.717, 1.165) is 40.2 Å². The van der Waals surface area contributed by atoms with Gasteiger partial charge in [0.25, 0.3) is 0 Å². The number of anilines is 1. The summed E-state index contributed by atoms with van der Waals surface area (Å²) >= 11 is 5.07. The first-order chi connectivity index (χ1) is 14.6. The highest BCUT2D eigenvalue weighted by molar-refractivity contribution is 9.09. The summed E-state index contributed by atoms with van der Waals surface area (Å²) in [5.74, 6) is 0. The van der Waals surface area contributed by atoms with Crippen molar-refractivity contribution in [3.05, 3.63) is 70.0 Å². The number of azo groups is 1. The smallest absolute Gasteiger partial charge is 0.210 e. The predicted octanol–water partition coefficient (Wildman–Crippen LogP) is 5.97. The van der Waals surface area contributed by atoms with Crippen LogP contribution in [0.2, 0.25) is 0 Å². The van der Waals surface area contributed by atoms with Gasteiger partial charge in [-0.05, 0) is 55.8 Å². The predicted molar refractivity (Wildman–Crippen MR) is 130 cm³/mol. The Morgan fingerprint density at radius 3 is 2.20 bits per heavy atom. The summed E-state index contributed by atoms with van der Waals surface area (Å²) in [7, 11) is 1.98. The van der Waals surface area contributed by atoms with E-state index in [0.29, 0.717) is 0 Å². The van der Waals surface area contributed by atoms with Gasteiger partial charge in [-0.25, -0.2) is 0 Å². The Hall–Kier alpha value is -2.58. The van der Waals surface area contributed by atoms with Gasteiger partial charge < -0.3 is 9.47 Å². The molecule has 3 rings (SSSR count). The number of benzene rings is 2. The van der Waals surface area contributed by atoms with Gasteiger partial charge in [0.15, 0.2) is 0 Å². The van der Waals surface area contributed by atoms with Crippen molar-refractivity contribution in [2.45, 2.75) is 13.8 Å². The Kier molecular flexibility index (Phi) is 8.10. The number of nitrogens with zero attached hydrogens (tertiary/aromatic N) is 6. The maximum atomic E-state index is 4.34. The highest BCUT2D eigenvalue weighted by Crippen LogP contribution is 2.22. The van der Waals surface area contributed by atoms with Crippen LogP contribution in [-0.4, -0.2) is 29.2 Å². The van der Waals surface area contributed by atoms with Crippen molar-refractivity contribution >= 4 is 50.5 Å². The first kappa shape index (κ1) is 22.1. The van der Waals surface area contributed by atoms with Crippen LogP contribution >= 0.6 is 27.3 Å². The zero-order valence-electron chi connectivity index (χ0n) is 17.4. The van der Waals surface area contributed by atoms with E-state index in [1.54, 1.807) is 17.6 Å². The molecule has 2 aromatic carbocycles. The van der Waals surface area contributed by atoms with E-state index in [1.165, 1.54) is 11.4 Å². The third-order valence-corrected chi connectivity index (χ3v) is 6.01. The molecule has 6 nitrogen and oxygen atoms in total. The molecule has 0 aliphatic rings. The molecule has 0 aliphatic carbocycles. The minimum absolute atomic E-state index is 0.794. The molecule has 30 heavy (non-hydrogen) atoms. The van der Waals surface area contributed by atoms with Crippen LogP contribution in [-0.2, 0) is 7.05 Å². The molecular weight excluding hydrogens is 460 g/mol. The molecule has 0 fully saturated rings. The van der Waals surface area contributed by atoms with Gasteiger partial charge >= 0.3 is 0 Å². The molecular formula is C22H25BrN6S. The fraction of sp³-hybridized carbons (Fsp3) is 0.273. The summed E-state index contributed by atoms with van der Waals surface area (Å²) in [5.41, 5.74) is 4.95. The lowest BCUT2D eigenvalue weighted by molar-refractivity contribution is 0.820. The molecule has 3 aromatic rings. The molecule has 0 unspecified atom stereocenters. The first-order valence-corrected chi connectivity index (χ1v) is 11.7. The van der Waals surface area contributed by atoms with Crippen LogP contribution < -0.4 is 9.70 Å². The van der Waals surface area contributed by atoms with Crippen LogP contribution in [0.1, 0.15) is 18.2 Å². The van der Waals surface area contributed by atoms with Gasteiger partial charge in [0.05, 0.1) is 17.6 Å². The minimum Gasteiger partial charge on any atom is -0.371 e. The molecule has 0 spiro atoms. The second kappa shape index (κ2) is 11.0. The molecule has 0 saturated carbocycles. The normalized spacial score (nSPS) is 12.3. The molecule has 0 N–H and O–H groups in total. The number of aromatic nitrogens is 1. The second-order valence-electron chi connectivity index (χ2n) is 6.64. The molecule has 0 atom stereocenters. The number of aryl methyl sites for hydroxylation is 1. The summed E-state index contributed by atoms with van der Waals surface area (Å²) in [6, 6.07) is 15.9. The highest BCUT2D eigenvalue weighted by atomic mass is 79.9. The summed E-state index contributed by atoms with van der Waals surface area (Å²) in [6.45, 7) is 6.15. The number of alkyl halides is 1. The molecule has 0 bridgehead atoms. The van der Waals surface area contributed by atoms with Crippen molar-refractivity contribution in [3.63, 3.8) is 0 Å². The van der Waals surface area contributed by atoms with E-state index in [9.17, 15) is 0 Å². The monoisotopic (exact) mass is 484 g/mol. The maximum Gasteiger partial charge on any atom is 0.210 e. The highest BCUT2D eigenvalue weighted by Gasteiger charge is 2.02. The lowest BCUT2D eigenvalue weighted by atomic mass is 10.2. The topological polar surface area (TPSA) is 57.6 Å². The van der Waals surface area contributed by atoms with Crippen LogP contribution in [0.3, 0.4) is 0 Å². The van der Waals surface area contributed by atoms with Crippen LogP contribution in [0.25, 0.3) is 0 Å². The maximum absolute atomic E-state index is 4.34. The van der Waals surface area contributed by atoms with Gasteiger partial charge in [0.1, 0.15) is 0 Å². The fourth-order valence-corrected chi connectivity index (χ4v) is 3.99. The van der Waals surface area contributed by atoms with E-state index in [1.807, 2.05) is 54.9 Å². The average molecular weight is 485 g/mol. The number of thiazole rings is 1. The molecule has 1 heterocycles. The quantitative estimate of drug-likeness (QED) is 0.168. The van der Waals surface area contributed by atoms with Gasteiger partial charge in [0, 0.05) is 42.2 Å². The van der Waals surface area contributed by atoms with Gasteiger partial charge in [0.2, 0.25) is 4.80 Å². The zero-order valence-corrected chi connectivity index (χ0v) is 19.8. The van der Waals surface area contributed by atoms with Crippen molar-refractivity contribution < 1.29 is 0 Å². The zero-order chi connectivity index (χ0) is 21.3. The number of hydrogen-bond donors (Lipinski definition) is 0. The summed E-state index contributed by atoms with van der Waals surface area (Å²) in [6.07, 6.45) is 1.74. The Balaban J connectivity index is 1.62. The van der Waals surface area contributed by atoms with Crippen LogP contribution in [0.15, 0.2) is 74.3 Å². The Bertz CT molecular complexity index is 1060. The van der Waals surface area contributed by atoms with Crippen molar-refractivity contribution in [3.8, 4) is 0 Å². The van der Waals surface area contributed by atoms with Crippen LogP contribution in [0, 0.1) is 6.92 Å². The van der Waals surface area contributed by atoms with Gasteiger partial charge in [-0.2, -0.15) is 15.3 Å². The average Bonchev–Trinajstić information content (AvgIpc) is 3.09. The van der Waals surface area contributed by atoms with Crippen LogP contribution in [0.4, 0.5) is 17.1 Å². The molecule has 1 aromatic heterocycles. The second-order valence-corrected chi connectivity index (χ2v) is 8.27. The summed E-state index contributed by atoms with van der Waals surface area (Å²) in [4.78, 5) is 3.18. The van der Waals surface area contributed by atoms with Crippen molar-refractivity contribution in [1.82, 2.24) is 4.57 Å². The third kappa shape index (κ3) is 5.96. The Labute approximate surface area is 189 Å². The van der Waals surface area contributed by atoms with Crippen molar-refractivity contribution in [2.75, 3.05) is 23.3 Å². The van der Waals surface area contributed by atoms with E-state index in [2.05, 4.69) is 65.7 Å². The molecule has 0 radical (unpaired) electrons. The molecule has 8 heteroatoms. The van der Waals surface area contributed by atoms with Gasteiger partial charge in [-0.3, -0.25) is 0 Å². The third-order valence-electron chi connectivity index (χ3n) is 4.63. The standard InChI is InChI=1S/C22H25BrN6S/c1-4-29(14-13-23)21-11-9-20(10-12-21)26-25-19-7-5-18(6-8-19)15-24-27-22-28(3)17(2)16-30-22/h5-12,15-16H,4,13-14H2,1-3H3/b24-15?,26-25+,27-22-. The van der Waals surface area contributed by atoms with E-state index < -0.39 is 0 Å². The number of rotatable bonds is 8. The van der Waals surface area contributed by atoms with Crippen LogP contribution in [0.5, 0.6) is 0 Å². The SMILES string of the molecule is CCN(CCBr)c1ccc(/N=N/c2ccc(C=N/N=c3\scc(C)n3C)cc2)cc1. The largest absolute Gasteiger partial charge is 0.371 e. The first-order valence-electron chi connectivity index (χ1n) is 9.71. The van der Waals surface area contributed by atoms with E-state index in [4.69, 9.17) is 0 Å². The molecule has 156 valence electrons. The molecule has 0 aliphatic heterocycles. The fourth-order valence-electron chi connectivity index (χ4n) is 2.73. The molecule has 0 saturated heterocycles. The lowest BCUT2D eigenvalue weighted by Gasteiger charge is -2.21. The number of halogens is 1. The van der Waals surface area contributed by atoms with Gasteiger partial charge in [-0.1, -0.05) is 28.1 Å². The van der Waals surface area contributed by atoms with Crippen molar-refractivity contribution in [1.29, 1.82) is 0 Å². The molecule has 0 amide bonds.